The van der Waals surface area contributed by atoms with Crippen molar-refractivity contribution < 1.29 is 4.79 Å². The van der Waals surface area contributed by atoms with Crippen molar-refractivity contribution in [2.45, 2.75) is 13.1 Å². The van der Waals surface area contributed by atoms with Crippen molar-refractivity contribution in [1.82, 2.24) is 19.8 Å². The Kier molecular flexibility index (Phi) is 6.12. The van der Waals surface area contributed by atoms with Gasteiger partial charge in [0.25, 0.3) is 5.91 Å². The van der Waals surface area contributed by atoms with E-state index in [1.54, 1.807) is 18.5 Å². The molecule has 1 aliphatic rings. The fraction of sp³-hybridized carbons (Fsp3) is 0.261. The van der Waals surface area contributed by atoms with Crippen molar-refractivity contribution >= 4 is 11.6 Å². The maximum absolute atomic E-state index is 12.8. The number of carbonyl (C=O) groups excluding carboxylic acids is 1. The summed E-state index contributed by atoms with van der Waals surface area (Å²) in [4.78, 5) is 25.7. The van der Waals surface area contributed by atoms with Gasteiger partial charge in [0, 0.05) is 38.9 Å². The molecule has 148 valence electrons. The number of hydrogen-bond acceptors (Lipinski definition) is 5. The average Bonchev–Trinajstić information content (AvgIpc) is 2.79. The number of rotatable bonds is 6. The van der Waals surface area contributed by atoms with Crippen LogP contribution in [0.3, 0.4) is 0 Å². The number of carbonyl (C=O) groups is 1. The van der Waals surface area contributed by atoms with Crippen LogP contribution in [0.2, 0.25) is 0 Å². The van der Waals surface area contributed by atoms with E-state index in [9.17, 15) is 4.79 Å². The Morgan fingerprint density at radius 2 is 1.69 bits per heavy atom. The molecular formula is C23H25N5O. The summed E-state index contributed by atoms with van der Waals surface area (Å²) in [6, 6.07) is 20.0. The highest BCUT2D eigenvalue weighted by atomic mass is 16.2. The van der Waals surface area contributed by atoms with Crippen LogP contribution in [-0.2, 0) is 13.1 Å². The molecule has 6 nitrogen and oxygen atoms in total. The van der Waals surface area contributed by atoms with Crippen LogP contribution in [-0.4, -0.2) is 51.9 Å². The molecule has 0 unspecified atom stereocenters. The smallest absolute Gasteiger partial charge is 0.272 e. The first-order valence-electron chi connectivity index (χ1n) is 9.93. The lowest BCUT2D eigenvalue weighted by Crippen LogP contribution is -2.48. The van der Waals surface area contributed by atoms with Gasteiger partial charge >= 0.3 is 0 Å². The molecule has 1 fully saturated rings. The van der Waals surface area contributed by atoms with Gasteiger partial charge in [0.05, 0.1) is 24.1 Å². The molecule has 1 aromatic carbocycles. The number of hydrogen-bond donors (Lipinski definition) is 1. The molecule has 1 N–H and O–H groups in total. The summed E-state index contributed by atoms with van der Waals surface area (Å²) in [5, 5.41) is 3.28. The number of nitrogens with zero attached hydrogens (tertiary/aromatic N) is 4. The lowest BCUT2D eigenvalue weighted by Gasteiger charge is -2.34. The van der Waals surface area contributed by atoms with Gasteiger partial charge in [-0.3, -0.25) is 14.7 Å². The lowest BCUT2D eigenvalue weighted by molar-refractivity contribution is 0.0623. The van der Waals surface area contributed by atoms with E-state index in [4.69, 9.17) is 0 Å². The number of aromatic nitrogens is 2. The normalized spacial score (nSPS) is 14.6. The summed E-state index contributed by atoms with van der Waals surface area (Å²) < 4.78 is 0. The Morgan fingerprint density at radius 3 is 2.38 bits per heavy atom. The van der Waals surface area contributed by atoms with Crippen LogP contribution < -0.4 is 5.32 Å². The van der Waals surface area contributed by atoms with Crippen LogP contribution in [0.15, 0.2) is 73.1 Å². The molecule has 29 heavy (non-hydrogen) atoms. The van der Waals surface area contributed by atoms with Crippen LogP contribution in [0, 0.1) is 0 Å². The van der Waals surface area contributed by atoms with Crippen molar-refractivity contribution in [1.29, 1.82) is 0 Å². The lowest BCUT2D eigenvalue weighted by atomic mass is 10.2. The molecule has 4 rings (SSSR count). The highest BCUT2D eigenvalue weighted by Crippen LogP contribution is 2.13. The van der Waals surface area contributed by atoms with Crippen molar-refractivity contribution in [3.8, 4) is 0 Å². The van der Waals surface area contributed by atoms with Crippen LogP contribution in [0.25, 0.3) is 0 Å². The first-order valence-corrected chi connectivity index (χ1v) is 9.93. The van der Waals surface area contributed by atoms with Crippen LogP contribution in [0.4, 0.5) is 5.69 Å². The van der Waals surface area contributed by atoms with Crippen molar-refractivity contribution in [3.05, 3.63) is 90.0 Å². The Bertz CT molecular complexity index is 907. The Hall–Kier alpha value is -3.25. The number of pyridine rings is 2. The van der Waals surface area contributed by atoms with E-state index < -0.39 is 0 Å². The van der Waals surface area contributed by atoms with E-state index in [1.807, 2.05) is 35.2 Å². The predicted octanol–water partition coefficient (Wildman–Crippen LogP) is 3.05. The van der Waals surface area contributed by atoms with Crippen molar-refractivity contribution in [2.75, 3.05) is 31.5 Å². The second-order valence-corrected chi connectivity index (χ2v) is 7.16. The summed E-state index contributed by atoms with van der Waals surface area (Å²) in [5.41, 5.74) is 3.63. The number of anilines is 1. The minimum absolute atomic E-state index is 0.000590. The molecule has 1 amide bonds. The molecule has 0 radical (unpaired) electrons. The van der Waals surface area contributed by atoms with E-state index in [-0.39, 0.29) is 5.91 Å². The molecule has 0 spiro atoms. The Balaban J connectivity index is 1.27. The number of amides is 1. The monoisotopic (exact) mass is 387 g/mol. The minimum Gasteiger partial charge on any atom is -0.378 e. The van der Waals surface area contributed by atoms with Gasteiger partial charge in [-0.1, -0.05) is 36.4 Å². The van der Waals surface area contributed by atoms with E-state index in [1.165, 1.54) is 5.56 Å². The van der Waals surface area contributed by atoms with Crippen LogP contribution in [0.1, 0.15) is 21.7 Å². The maximum atomic E-state index is 12.8. The number of piperazine rings is 1. The van der Waals surface area contributed by atoms with Gasteiger partial charge in [0.1, 0.15) is 5.69 Å². The molecule has 6 heteroatoms. The Morgan fingerprint density at radius 1 is 0.897 bits per heavy atom. The fourth-order valence-corrected chi connectivity index (χ4v) is 3.43. The summed E-state index contributed by atoms with van der Waals surface area (Å²) in [5.74, 6) is 0.000590. The van der Waals surface area contributed by atoms with Crippen LogP contribution in [0.5, 0.6) is 0 Å². The molecule has 3 heterocycles. The van der Waals surface area contributed by atoms with Crippen molar-refractivity contribution in [3.63, 3.8) is 0 Å². The molecule has 1 saturated heterocycles. The number of nitrogens with one attached hydrogen (secondary N) is 1. The molecule has 0 atom stereocenters. The molecule has 0 aliphatic carbocycles. The third kappa shape index (κ3) is 5.18. The molecule has 2 aromatic heterocycles. The van der Waals surface area contributed by atoms with E-state index in [2.05, 4.69) is 44.5 Å². The molecule has 0 bridgehead atoms. The fourth-order valence-electron chi connectivity index (χ4n) is 3.43. The minimum atomic E-state index is 0.000590. The van der Waals surface area contributed by atoms with Gasteiger partial charge in [0.15, 0.2) is 0 Å². The highest BCUT2D eigenvalue weighted by molar-refractivity contribution is 5.92. The average molecular weight is 387 g/mol. The predicted molar refractivity (Wildman–Crippen MR) is 113 cm³/mol. The topological polar surface area (TPSA) is 61.4 Å². The van der Waals surface area contributed by atoms with Gasteiger partial charge in [-0.15, -0.1) is 0 Å². The largest absolute Gasteiger partial charge is 0.378 e. The third-order valence-corrected chi connectivity index (χ3v) is 5.09. The first kappa shape index (κ1) is 19.1. The summed E-state index contributed by atoms with van der Waals surface area (Å²) in [6.07, 6.45) is 3.48. The van der Waals surface area contributed by atoms with Gasteiger partial charge in [-0.25, -0.2) is 4.98 Å². The molecular weight excluding hydrogens is 362 g/mol. The van der Waals surface area contributed by atoms with E-state index in [0.717, 1.165) is 44.1 Å². The van der Waals surface area contributed by atoms with Crippen LogP contribution >= 0.6 is 0 Å². The second kappa shape index (κ2) is 9.30. The highest BCUT2D eigenvalue weighted by Gasteiger charge is 2.22. The zero-order chi connectivity index (χ0) is 19.9. The zero-order valence-corrected chi connectivity index (χ0v) is 16.4. The quantitative estimate of drug-likeness (QED) is 0.704. The molecule has 3 aromatic rings. The van der Waals surface area contributed by atoms with Gasteiger partial charge in [-0.2, -0.15) is 0 Å². The zero-order valence-electron chi connectivity index (χ0n) is 16.4. The maximum Gasteiger partial charge on any atom is 0.272 e. The summed E-state index contributed by atoms with van der Waals surface area (Å²) in [7, 11) is 0. The first-order chi connectivity index (χ1) is 14.3. The van der Waals surface area contributed by atoms with Crippen molar-refractivity contribution in [2.24, 2.45) is 0 Å². The summed E-state index contributed by atoms with van der Waals surface area (Å²) >= 11 is 0. The standard InChI is InChI=1S/C23H25N5O/c29-23(28-14-12-27(13-15-28)18-19-6-2-1-3-7-19)22-10-9-21(17-26-22)25-16-20-8-4-5-11-24-20/h1-11,17,25H,12-16,18H2. The van der Waals surface area contributed by atoms with E-state index in [0.29, 0.717) is 12.2 Å². The molecule has 1 aliphatic heterocycles. The second-order valence-electron chi connectivity index (χ2n) is 7.16. The third-order valence-electron chi connectivity index (χ3n) is 5.09. The summed E-state index contributed by atoms with van der Waals surface area (Å²) in [6.45, 7) is 4.77. The van der Waals surface area contributed by atoms with E-state index >= 15 is 0 Å². The van der Waals surface area contributed by atoms with Gasteiger partial charge in [0.2, 0.25) is 0 Å². The Labute approximate surface area is 171 Å². The van der Waals surface area contributed by atoms with Gasteiger partial charge in [-0.05, 0) is 29.8 Å². The van der Waals surface area contributed by atoms with Gasteiger partial charge < -0.3 is 10.2 Å². The molecule has 0 saturated carbocycles. The SMILES string of the molecule is O=C(c1ccc(NCc2ccccn2)cn1)N1CCN(Cc2ccccc2)CC1. The number of benzene rings is 1.